The number of carbonyl (C=O) groups is 1. The number of nitro groups is 1. The molecular weight excluding hydrogens is 480 g/mol. The Bertz CT molecular complexity index is 1170. The summed E-state index contributed by atoms with van der Waals surface area (Å²) < 4.78 is 1.80. The van der Waals surface area contributed by atoms with Crippen molar-refractivity contribution in [1.29, 1.82) is 0 Å². The van der Waals surface area contributed by atoms with Crippen LogP contribution in [0, 0.1) is 10.1 Å². The summed E-state index contributed by atoms with van der Waals surface area (Å²) >= 11 is 0. The molecule has 3 heterocycles. The molecule has 2 aliphatic heterocycles. The smallest absolute Gasteiger partial charge is 0.269 e. The average Bonchev–Trinajstić information content (AvgIpc) is 3.35. The lowest BCUT2D eigenvalue weighted by atomic mass is 9.91. The quantitative estimate of drug-likeness (QED) is 0.402. The third-order valence-corrected chi connectivity index (χ3v) is 6.98. The zero-order chi connectivity index (χ0) is 24.2. The zero-order valence-electron chi connectivity index (χ0n) is 20.1. The van der Waals surface area contributed by atoms with Crippen LogP contribution in [-0.2, 0) is 6.54 Å². The molecule has 0 spiro atoms. The van der Waals surface area contributed by atoms with Crippen molar-refractivity contribution in [3.05, 3.63) is 87.7 Å². The number of benzene rings is 2. The Labute approximate surface area is 216 Å². The van der Waals surface area contributed by atoms with Gasteiger partial charge in [0.05, 0.1) is 28.1 Å². The van der Waals surface area contributed by atoms with Gasteiger partial charge in [-0.05, 0) is 43.6 Å². The molecule has 0 bridgehead atoms. The number of carbonyl (C=O) groups excluding carboxylic acids is 1. The number of piperazine rings is 1. The van der Waals surface area contributed by atoms with E-state index in [1.165, 1.54) is 17.7 Å². The molecule has 1 aromatic heterocycles. The first-order valence-corrected chi connectivity index (χ1v) is 12.2. The van der Waals surface area contributed by atoms with Crippen LogP contribution in [0.4, 0.5) is 5.69 Å². The van der Waals surface area contributed by atoms with Gasteiger partial charge in [-0.3, -0.25) is 19.8 Å². The predicted molar refractivity (Wildman–Crippen MR) is 140 cm³/mol. The fourth-order valence-corrected chi connectivity index (χ4v) is 5.05. The Morgan fingerprint density at radius 1 is 1.00 bits per heavy atom. The average molecular weight is 511 g/mol. The monoisotopic (exact) mass is 510 g/mol. The van der Waals surface area contributed by atoms with Crippen LogP contribution in [-0.4, -0.2) is 69.7 Å². The molecule has 5 rings (SSSR count). The number of non-ortho nitro benzene ring substituents is 1. The summed E-state index contributed by atoms with van der Waals surface area (Å²) in [5.41, 5.74) is 3.61. The topological polar surface area (TPSA) is 96.5 Å². The second kappa shape index (κ2) is 11.6. The van der Waals surface area contributed by atoms with E-state index in [1.54, 1.807) is 23.0 Å². The maximum absolute atomic E-state index is 13.7. The van der Waals surface area contributed by atoms with Crippen LogP contribution in [0.2, 0.25) is 0 Å². The highest BCUT2D eigenvalue weighted by molar-refractivity contribution is 5.95. The molecule has 2 aliphatic rings. The van der Waals surface area contributed by atoms with E-state index in [-0.39, 0.29) is 29.9 Å². The number of halogens is 1. The number of nitro benzene ring substituents is 1. The van der Waals surface area contributed by atoms with Crippen molar-refractivity contribution < 1.29 is 9.72 Å². The summed E-state index contributed by atoms with van der Waals surface area (Å²) in [6, 6.07) is 16.8. The Hall–Kier alpha value is -3.27. The lowest BCUT2D eigenvalue weighted by Gasteiger charge is -2.35. The molecular formula is C26H31ClN6O3. The van der Waals surface area contributed by atoms with Crippen LogP contribution in [0.5, 0.6) is 0 Å². The highest BCUT2D eigenvalue weighted by atomic mass is 35.5. The van der Waals surface area contributed by atoms with Gasteiger partial charge in [0.15, 0.2) is 0 Å². The van der Waals surface area contributed by atoms with E-state index in [9.17, 15) is 14.9 Å². The molecule has 0 radical (unpaired) electrons. The highest BCUT2D eigenvalue weighted by Gasteiger charge is 2.30. The number of hydrogen-bond acceptors (Lipinski definition) is 6. The summed E-state index contributed by atoms with van der Waals surface area (Å²) in [7, 11) is 0. The Balaban J connectivity index is 0.00000304. The first-order chi connectivity index (χ1) is 17.1. The van der Waals surface area contributed by atoms with Gasteiger partial charge < -0.3 is 10.2 Å². The maximum Gasteiger partial charge on any atom is 0.269 e. The van der Waals surface area contributed by atoms with Gasteiger partial charge in [-0.2, -0.15) is 5.10 Å². The summed E-state index contributed by atoms with van der Waals surface area (Å²) in [5, 5.41) is 19.1. The number of nitrogens with one attached hydrogen (secondary N) is 1. The summed E-state index contributed by atoms with van der Waals surface area (Å²) in [4.78, 5) is 28.7. The lowest BCUT2D eigenvalue weighted by molar-refractivity contribution is -0.384. The molecule has 2 fully saturated rings. The minimum atomic E-state index is -0.410. The largest absolute Gasteiger partial charge is 0.336 e. The third-order valence-electron chi connectivity index (χ3n) is 6.98. The Morgan fingerprint density at radius 2 is 1.67 bits per heavy atom. The number of nitrogens with zero attached hydrogens (tertiary/aromatic N) is 5. The lowest BCUT2D eigenvalue weighted by Crippen LogP contribution is -2.48. The fourth-order valence-electron chi connectivity index (χ4n) is 5.05. The van der Waals surface area contributed by atoms with Crippen molar-refractivity contribution in [1.82, 2.24) is 24.9 Å². The van der Waals surface area contributed by atoms with E-state index in [0.717, 1.165) is 56.9 Å². The SMILES string of the molecule is Cl.O=C(c1cnn(-c2ccc([N+](=O)[O-])cc2)c1C1CCNCC1)N1CCN(Cc2ccccc2)CC1. The van der Waals surface area contributed by atoms with Crippen molar-refractivity contribution >= 4 is 24.0 Å². The van der Waals surface area contributed by atoms with E-state index in [2.05, 4.69) is 39.6 Å². The molecule has 0 atom stereocenters. The number of aromatic nitrogens is 2. The normalized spacial score (nSPS) is 16.9. The van der Waals surface area contributed by atoms with Crippen molar-refractivity contribution in [2.24, 2.45) is 0 Å². The molecule has 9 nitrogen and oxygen atoms in total. The fraction of sp³-hybridized carbons (Fsp3) is 0.385. The van der Waals surface area contributed by atoms with Gasteiger partial charge in [-0.15, -0.1) is 12.4 Å². The van der Waals surface area contributed by atoms with E-state index in [0.29, 0.717) is 18.7 Å². The molecule has 2 aromatic carbocycles. The van der Waals surface area contributed by atoms with E-state index in [4.69, 9.17) is 0 Å². The number of amides is 1. The van der Waals surface area contributed by atoms with E-state index in [1.807, 2.05) is 11.0 Å². The van der Waals surface area contributed by atoms with Gasteiger partial charge >= 0.3 is 0 Å². The van der Waals surface area contributed by atoms with Crippen LogP contribution < -0.4 is 5.32 Å². The molecule has 0 saturated carbocycles. The molecule has 190 valence electrons. The van der Waals surface area contributed by atoms with Gasteiger partial charge in [0.1, 0.15) is 0 Å². The van der Waals surface area contributed by atoms with Gasteiger partial charge in [0.25, 0.3) is 11.6 Å². The second-order valence-corrected chi connectivity index (χ2v) is 9.21. The van der Waals surface area contributed by atoms with Crippen LogP contribution in [0.15, 0.2) is 60.8 Å². The van der Waals surface area contributed by atoms with Crippen LogP contribution in [0.1, 0.15) is 40.4 Å². The minimum absolute atomic E-state index is 0. The number of piperidine rings is 1. The molecule has 2 saturated heterocycles. The summed E-state index contributed by atoms with van der Waals surface area (Å²) in [6.45, 7) is 5.70. The van der Waals surface area contributed by atoms with Gasteiger partial charge in [0.2, 0.25) is 0 Å². The molecule has 3 aromatic rings. The Morgan fingerprint density at radius 3 is 2.31 bits per heavy atom. The summed E-state index contributed by atoms with van der Waals surface area (Å²) in [5.74, 6) is 0.221. The number of rotatable bonds is 6. The minimum Gasteiger partial charge on any atom is -0.336 e. The molecule has 1 N–H and O–H groups in total. The van der Waals surface area contributed by atoms with Crippen molar-refractivity contribution in [3.63, 3.8) is 0 Å². The zero-order valence-corrected chi connectivity index (χ0v) is 20.9. The van der Waals surface area contributed by atoms with Crippen molar-refractivity contribution in [3.8, 4) is 5.69 Å². The number of hydrogen-bond donors (Lipinski definition) is 1. The standard InChI is InChI=1S/C26H30N6O3.ClH/c33-26(30-16-14-29(15-17-30)19-20-4-2-1-3-5-20)24-18-28-31(25(24)21-10-12-27-13-11-21)22-6-8-23(9-7-22)32(34)35;/h1-9,18,21,27H,10-17,19H2;1H. The van der Waals surface area contributed by atoms with Crippen molar-refractivity contribution in [2.45, 2.75) is 25.3 Å². The molecule has 0 unspecified atom stereocenters. The molecule has 10 heteroatoms. The maximum atomic E-state index is 13.7. The summed E-state index contributed by atoms with van der Waals surface area (Å²) in [6.07, 6.45) is 3.52. The molecule has 1 amide bonds. The first-order valence-electron chi connectivity index (χ1n) is 12.2. The van der Waals surface area contributed by atoms with Crippen LogP contribution in [0.25, 0.3) is 5.69 Å². The van der Waals surface area contributed by atoms with E-state index >= 15 is 0 Å². The van der Waals surface area contributed by atoms with Gasteiger partial charge in [-0.1, -0.05) is 30.3 Å². The molecule has 0 aliphatic carbocycles. The van der Waals surface area contributed by atoms with Gasteiger partial charge in [0, 0.05) is 50.8 Å². The predicted octanol–water partition coefficient (Wildman–Crippen LogP) is 3.63. The molecule has 36 heavy (non-hydrogen) atoms. The van der Waals surface area contributed by atoms with Gasteiger partial charge in [-0.25, -0.2) is 4.68 Å². The third kappa shape index (κ3) is 5.59. The van der Waals surface area contributed by atoms with Crippen LogP contribution >= 0.6 is 12.4 Å². The Kier molecular flexibility index (Phi) is 8.35. The second-order valence-electron chi connectivity index (χ2n) is 9.21. The van der Waals surface area contributed by atoms with Crippen LogP contribution in [0.3, 0.4) is 0 Å². The van der Waals surface area contributed by atoms with Crippen molar-refractivity contribution in [2.75, 3.05) is 39.3 Å². The first kappa shape index (κ1) is 25.8. The highest BCUT2D eigenvalue weighted by Crippen LogP contribution is 2.31. The van der Waals surface area contributed by atoms with E-state index < -0.39 is 4.92 Å².